The van der Waals surface area contributed by atoms with Crippen LogP contribution in [0.25, 0.3) is 28.0 Å². The highest BCUT2D eigenvalue weighted by atomic mass is 19.1. The van der Waals surface area contributed by atoms with Crippen LogP contribution >= 0.6 is 0 Å². The second-order valence-electron chi connectivity index (χ2n) is 8.23. The van der Waals surface area contributed by atoms with E-state index in [0.717, 1.165) is 49.3 Å². The SMILES string of the molecule is Cc1cn2nc(-c3cc(F)c4nc(CC5CCN(C)CC5)oc4c3)cc(C)c2n1. The van der Waals surface area contributed by atoms with Crippen molar-refractivity contribution in [1.29, 1.82) is 0 Å². The molecular formula is C22H24FN5O. The Hall–Kier alpha value is -2.80. The van der Waals surface area contributed by atoms with E-state index < -0.39 is 0 Å². The summed E-state index contributed by atoms with van der Waals surface area (Å²) in [6.45, 7) is 6.09. The fraction of sp³-hybridized carbons (Fsp3) is 0.409. The number of oxazole rings is 1. The van der Waals surface area contributed by atoms with Gasteiger partial charge in [0.05, 0.1) is 17.6 Å². The van der Waals surface area contributed by atoms with Crippen LogP contribution in [0.1, 0.15) is 30.0 Å². The molecule has 1 aliphatic heterocycles. The van der Waals surface area contributed by atoms with Gasteiger partial charge in [-0.2, -0.15) is 5.10 Å². The van der Waals surface area contributed by atoms with Gasteiger partial charge in [0.25, 0.3) is 0 Å². The first-order valence-electron chi connectivity index (χ1n) is 10.1. The molecule has 1 saturated heterocycles. The van der Waals surface area contributed by atoms with Gasteiger partial charge in [-0.1, -0.05) is 0 Å². The molecule has 7 heteroatoms. The highest BCUT2D eigenvalue weighted by Crippen LogP contribution is 2.29. The van der Waals surface area contributed by atoms with Crippen LogP contribution in [0.5, 0.6) is 0 Å². The number of hydrogen-bond acceptors (Lipinski definition) is 5. The van der Waals surface area contributed by atoms with Gasteiger partial charge >= 0.3 is 0 Å². The molecule has 0 N–H and O–H groups in total. The van der Waals surface area contributed by atoms with E-state index in [0.29, 0.717) is 34.2 Å². The van der Waals surface area contributed by atoms with Gasteiger partial charge in [0.15, 0.2) is 22.9 Å². The van der Waals surface area contributed by atoms with Crippen molar-refractivity contribution in [3.05, 3.63) is 47.4 Å². The zero-order valence-corrected chi connectivity index (χ0v) is 16.9. The normalized spacial score (nSPS) is 16.3. The Morgan fingerprint density at radius 3 is 2.72 bits per heavy atom. The van der Waals surface area contributed by atoms with E-state index in [-0.39, 0.29) is 5.82 Å². The predicted molar refractivity (Wildman–Crippen MR) is 109 cm³/mol. The second kappa shape index (κ2) is 6.91. The van der Waals surface area contributed by atoms with Crippen LogP contribution in [0.4, 0.5) is 4.39 Å². The lowest BCUT2D eigenvalue weighted by Crippen LogP contribution is -2.30. The van der Waals surface area contributed by atoms with Crippen LogP contribution in [-0.2, 0) is 6.42 Å². The molecule has 0 aliphatic carbocycles. The lowest BCUT2D eigenvalue weighted by atomic mass is 9.94. The molecule has 5 rings (SSSR count). The van der Waals surface area contributed by atoms with E-state index in [9.17, 15) is 4.39 Å². The van der Waals surface area contributed by atoms with Crippen LogP contribution < -0.4 is 0 Å². The van der Waals surface area contributed by atoms with Gasteiger partial charge < -0.3 is 9.32 Å². The quantitative estimate of drug-likeness (QED) is 0.523. The third-order valence-electron chi connectivity index (χ3n) is 5.82. The predicted octanol–water partition coefficient (Wildman–Crippen LogP) is 4.18. The Kier molecular flexibility index (Phi) is 4.35. The summed E-state index contributed by atoms with van der Waals surface area (Å²) in [4.78, 5) is 11.2. The number of fused-ring (bicyclic) bond motifs is 2. The van der Waals surface area contributed by atoms with Crippen molar-refractivity contribution in [1.82, 2.24) is 24.5 Å². The zero-order valence-electron chi connectivity index (χ0n) is 16.9. The lowest BCUT2D eigenvalue weighted by Gasteiger charge is -2.28. The van der Waals surface area contributed by atoms with Crippen molar-refractivity contribution in [3.8, 4) is 11.3 Å². The molecule has 4 heterocycles. The third-order valence-corrected chi connectivity index (χ3v) is 5.82. The molecule has 4 aromatic rings. The molecule has 1 aromatic carbocycles. The van der Waals surface area contributed by atoms with Gasteiger partial charge in [-0.15, -0.1) is 0 Å². The fourth-order valence-corrected chi connectivity index (χ4v) is 4.17. The molecule has 3 aromatic heterocycles. The maximum Gasteiger partial charge on any atom is 0.195 e. The Balaban J connectivity index is 1.49. The summed E-state index contributed by atoms with van der Waals surface area (Å²) < 4.78 is 22.5. The molecule has 1 aliphatic rings. The minimum atomic E-state index is -0.378. The molecule has 0 saturated carbocycles. The van der Waals surface area contributed by atoms with Crippen LogP contribution in [0, 0.1) is 25.6 Å². The Labute approximate surface area is 168 Å². The molecular weight excluding hydrogens is 369 g/mol. The van der Waals surface area contributed by atoms with E-state index in [2.05, 4.69) is 27.0 Å². The van der Waals surface area contributed by atoms with Crippen molar-refractivity contribution < 1.29 is 8.81 Å². The number of imidazole rings is 1. The highest BCUT2D eigenvalue weighted by Gasteiger charge is 2.21. The monoisotopic (exact) mass is 393 g/mol. The van der Waals surface area contributed by atoms with Gasteiger partial charge in [0.2, 0.25) is 0 Å². The van der Waals surface area contributed by atoms with Crippen LogP contribution in [0.15, 0.2) is 28.8 Å². The average Bonchev–Trinajstić information content (AvgIpc) is 3.26. The molecule has 0 atom stereocenters. The minimum absolute atomic E-state index is 0.299. The van der Waals surface area contributed by atoms with E-state index >= 15 is 0 Å². The first kappa shape index (κ1) is 18.2. The largest absolute Gasteiger partial charge is 0.441 e. The highest BCUT2D eigenvalue weighted by molar-refractivity contribution is 5.80. The smallest absolute Gasteiger partial charge is 0.195 e. The van der Waals surface area contributed by atoms with Crippen LogP contribution in [0.2, 0.25) is 0 Å². The molecule has 0 bridgehead atoms. The molecule has 0 amide bonds. The Morgan fingerprint density at radius 2 is 1.93 bits per heavy atom. The number of halogens is 1. The summed E-state index contributed by atoms with van der Waals surface area (Å²) in [5.41, 5.74) is 4.83. The van der Waals surface area contributed by atoms with E-state index in [1.165, 1.54) is 6.07 Å². The number of nitrogens with zero attached hydrogens (tertiary/aromatic N) is 5. The average molecular weight is 393 g/mol. The molecule has 0 radical (unpaired) electrons. The van der Waals surface area contributed by atoms with Gasteiger partial charge in [0.1, 0.15) is 5.52 Å². The van der Waals surface area contributed by atoms with Crippen LogP contribution in [-0.4, -0.2) is 44.6 Å². The topological polar surface area (TPSA) is 59.5 Å². The Bertz CT molecular complexity index is 1200. The van der Waals surface area contributed by atoms with Gasteiger partial charge in [-0.05, 0) is 76.5 Å². The number of piperidine rings is 1. The van der Waals surface area contributed by atoms with Gasteiger partial charge in [-0.3, -0.25) is 0 Å². The van der Waals surface area contributed by atoms with E-state index in [1.54, 1.807) is 4.52 Å². The zero-order chi connectivity index (χ0) is 20.1. The number of rotatable bonds is 3. The van der Waals surface area contributed by atoms with Crippen molar-refractivity contribution in [2.24, 2.45) is 5.92 Å². The van der Waals surface area contributed by atoms with Crippen molar-refractivity contribution in [3.63, 3.8) is 0 Å². The standard InChI is InChI=1S/C22H24FN5O/c1-13-8-18(26-28-12-14(2)24-22(13)28)16-10-17(23)21-19(11-16)29-20(25-21)9-15-4-6-27(3)7-5-15/h8,10-12,15H,4-7,9H2,1-3H3. The summed E-state index contributed by atoms with van der Waals surface area (Å²) in [5.74, 6) is 0.783. The molecule has 0 spiro atoms. The number of likely N-dealkylation sites (tertiary alicyclic amines) is 1. The number of aromatic nitrogens is 4. The van der Waals surface area contributed by atoms with Crippen LogP contribution in [0.3, 0.4) is 0 Å². The summed E-state index contributed by atoms with van der Waals surface area (Å²) in [5, 5.41) is 4.60. The maximum absolute atomic E-state index is 14.8. The molecule has 29 heavy (non-hydrogen) atoms. The van der Waals surface area contributed by atoms with Gasteiger partial charge in [0, 0.05) is 12.0 Å². The molecule has 6 nitrogen and oxygen atoms in total. The first-order valence-corrected chi connectivity index (χ1v) is 10.1. The first-order chi connectivity index (χ1) is 14.0. The van der Waals surface area contributed by atoms with E-state index in [4.69, 9.17) is 4.42 Å². The van der Waals surface area contributed by atoms with Crippen molar-refractivity contribution >= 4 is 16.7 Å². The number of benzene rings is 1. The third kappa shape index (κ3) is 3.40. The summed E-state index contributed by atoms with van der Waals surface area (Å²) >= 11 is 0. The van der Waals surface area contributed by atoms with Crippen molar-refractivity contribution in [2.45, 2.75) is 33.1 Å². The summed E-state index contributed by atoms with van der Waals surface area (Å²) in [6, 6.07) is 5.25. The molecule has 1 fully saturated rings. The Morgan fingerprint density at radius 1 is 1.14 bits per heavy atom. The maximum atomic E-state index is 14.8. The lowest BCUT2D eigenvalue weighted by molar-refractivity contribution is 0.213. The van der Waals surface area contributed by atoms with Crippen molar-refractivity contribution in [2.75, 3.05) is 20.1 Å². The summed E-state index contributed by atoms with van der Waals surface area (Å²) in [6.07, 6.45) is 4.87. The number of aryl methyl sites for hydroxylation is 2. The van der Waals surface area contributed by atoms with Gasteiger partial charge in [-0.25, -0.2) is 18.9 Å². The molecule has 150 valence electrons. The molecule has 0 unspecified atom stereocenters. The van der Waals surface area contributed by atoms with E-state index in [1.807, 2.05) is 32.2 Å². The summed E-state index contributed by atoms with van der Waals surface area (Å²) in [7, 11) is 2.14. The minimum Gasteiger partial charge on any atom is -0.441 e. The number of hydrogen-bond donors (Lipinski definition) is 0. The fourth-order valence-electron chi connectivity index (χ4n) is 4.17. The second-order valence-corrected chi connectivity index (χ2v) is 8.23.